The Hall–Kier alpha value is -2.48. The second-order valence-corrected chi connectivity index (χ2v) is 7.98. The minimum Gasteiger partial charge on any atom is -0.300 e. The van der Waals surface area contributed by atoms with Crippen molar-refractivity contribution < 1.29 is 17.6 Å². The van der Waals surface area contributed by atoms with Crippen molar-refractivity contribution in [3.8, 4) is 0 Å². The van der Waals surface area contributed by atoms with E-state index in [2.05, 4.69) is 21.9 Å². The molecule has 2 aromatic heterocycles. The maximum Gasteiger partial charge on any atom is 0.433 e. The zero-order valence-electron chi connectivity index (χ0n) is 17.0. The topological polar surface area (TPSA) is 33.4 Å². The molecule has 0 N–H and O–H groups in total. The third-order valence-electron chi connectivity index (χ3n) is 5.86. The van der Waals surface area contributed by atoms with E-state index in [1.54, 1.807) is 25.1 Å². The van der Waals surface area contributed by atoms with Crippen LogP contribution in [0.1, 0.15) is 48.8 Å². The molecule has 3 aromatic rings. The summed E-state index contributed by atoms with van der Waals surface area (Å²) in [4.78, 5) is 6.65. The molecule has 160 valence electrons. The number of aryl methyl sites for hydroxylation is 1. The number of alkyl halides is 3. The van der Waals surface area contributed by atoms with Crippen molar-refractivity contribution in [1.82, 2.24) is 19.5 Å². The Labute approximate surface area is 172 Å². The Morgan fingerprint density at radius 2 is 1.90 bits per heavy atom. The summed E-state index contributed by atoms with van der Waals surface area (Å²) >= 11 is 0. The molecule has 1 aromatic carbocycles. The van der Waals surface area contributed by atoms with Crippen LogP contribution in [0.2, 0.25) is 0 Å². The maximum atomic E-state index is 13.5. The van der Waals surface area contributed by atoms with Gasteiger partial charge in [0.25, 0.3) is 0 Å². The van der Waals surface area contributed by atoms with Gasteiger partial charge in [0.2, 0.25) is 0 Å². The number of likely N-dealkylation sites (tertiary alicyclic amines) is 1. The molecule has 0 radical (unpaired) electrons. The summed E-state index contributed by atoms with van der Waals surface area (Å²) in [6.07, 6.45) is -2.44. The minimum atomic E-state index is -4.49. The molecule has 0 spiro atoms. The van der Waals surface area contributed by atoms with Gasteiger partial charge in [-0.05, 0) is 56.5 Å². The lowest BCUT2D eigenvalue weighted by atomic mass is 10.0. The predicted molar refractivity (Wildman–Crippen MR) is 106 cm³/mol. The van der Waals surface area contributed by atoms with Crippen molar-refractivity contribution in [2.24, 2.45) is 0 Å². The summed E-state index contributed by atoms with van der Waals surface area (Å²) in [7, 11) is 0. The van der Waals surface area contributed by atoms with Crippen LogP contribution in [0.3, 0.4) is 0 Å². The van der Waals surface area contributed by atoms with E-state index in [9.17, 15) is 17.6 Å². The maximum absolute atomic E-state index is 13.5. The van der Waals surface area contributed by atoms with Gasteiger partial charge in [0, 0.05) is 30.3 Å². The van der Waals surface area contributed by atoms with Gasteiger partial charge in [0.1, 0.15) is 11.5 Å². The van der Waals surface area contributed by atoms with E-state index in [1.807, 2.05) is 0 Å². The van der Waals surface area contributed by atoms with Gasteiger partial charge in [-0.1, -0.05) is 19.1 Å². The first-order chi connectivity index (χ1) is 14.2. The lowest BCUT2D eigenvalue weighted by molar-refractivity contribution is -0.142. The van der Waals surface area contributed by atoms with Crippen LogP contribution in [0.4, 0.5) is 17.6 Å². The van der Waals surface area contributed by atoms with Crippen LogP contribution >= 0.6 is 0 Å². The molecular weight excluding hydrogens is 396 g/mol. The van der Waals surface area contributed by atoms with Gasteiger partial charge in [-0.15, -0.1) is 0 Å². The largest absolute Gasteiger partial charge is 0.433 e. The quantitative estimate of drug-likeness (QED) is 0.552. The number of rotatable bonds is 5. The summed E-state index contributed by atoms with van der Waals surface area (Å²) in [5, 5.41) is 4.29. The third-order valence-corrected chi connectivity index (χ3v) is 5.86. The monoisotopic (exact) mass is 420 g/mol. The van der Waals surface area contributed by atoms with Gasteiger partial charge in [0.15, 0.2) is 5.65 Å². The van der Waals surface area contributed by atoms with Gasteiger partial charge in [-0.3, -0.25) is 4.90 Å². The molecule has 1 aliphatic rings. The number of nitrogens with zero attached hydrogens (tertiary/aromatic N) is 4. The number of hydrogen-bond acceptors (Lipinski definition) is 3. The zero-order valence-corrected chi connectivity index (χ0v) is 17.0. The van der Waals surface area contributed by atoms with Crippen LogP contribution in [0, 0.1) is 5.82 Å². The third kappa shape index (κ3) is 4.19. The van der Waals surface area contributed by atoms with Crippen LogP contribution in [0.25, 0.3) is 5.65 Å². The standard InChI is InChI=1S/C22H24F4N4/c1-3-18-11-20(22(24,25)26)30-21(27-18)12-19(28-30)16-8-9-29(13-16)14(2)10-15-4-6-17(23)7-5-15/h4-7,11-12,14,16H,3,8-10,13H2,1-2H3/t14-,16+/m1/s1. The lowest BCUT2D eigenvalue weighted by Crippen LogP contribution is -2.32. The van der Waals surface area contributed by atoms with Gasteiger partial charge in [-0.25, -0.2) is 13.9 Å². The molecule has 0 amide bonds. The van der Waals surface area contributed by atoms with E-state index in [-0.39, 0.29) is 23.4 Å². The molecule has 1 aliphatic heterocycles. The zero-order chi connectivity index (χ0) is 21.5. The highest BCUT2D eigenvalue weighted by atomic mass is 19.4. The molecule has 3 heterocycles. The second-order valence-electron chi connectivity index (χ2n) is 7.98. The van der Waals surface area contributed by atoms with Crippen molar-refractivity contribution in [3.05, 3.63) is 64.9 Å². The minimum absolute atomic E-state index is 0.0635. The van der Waals surface area contributed by atoms with Crippen LogP contribution in [-0.2, 0) is 19.0 Å². The molecule has 1 fully saturated rings. The summed E-state index contributed by atoms with van der Waals surface area (Å²) in [5.41, 5.74) is 1.58. The van der Waals surface area contributed by atoms with Crippen molar-refractivity contribution in [1.29, 1.82) is 0 Å². The summed E-state index contributed by atoms with van der Waals surface area (Å²) in [6, 6.07) is 9.51. The first kappa shape index (κ1) is 20.8. The molecule has 4 nitrogen and oxygen atoms in total. The fraction of sp³-hybridized carbons (Fsp3) is 0.455. The molecule has 0 aliphatic carbocycles. The number of benzene rings is 1. The first-order valence-corrected chi connectivity index (χ1v) is 10.2. The average molecular weight is 420 g/mol. The highest BCUT2D eigenvalue weighted by Gasteiger charge is 2.36. The fourth-order valence-corrected chi connectivity index (χ4v) is 4.15. The van der Waals surface area contributed by atoms with Crippen molar-refractivity contribution in [3.63, 3.8) is 0 Å². The molecule has 0 saturated carbocycles. The van der Waals surface area contributed by atoms with E-state index >= 15 is 0 Å². The van der Waals surface area contributed by atoms with Crippen molar-refractivity contribution in [2.75, 3.05) is 13.1 Å². The fourth-order valence-electron chi connectivity index (χ4n) is 4.15. The Morgan fingerprint density at radius 1 is 1.17 bits per heavy atom. The molecule has 0 unspecified atom stereocenters. The molecule has 30 heavy (non-hydrogen) atoms. The van der Waals surface area contributed by atoms with Crippen molar-refractivity contribution in [2.45, 2.75) is 51.2 Å². The van der Waals surface area contributed by atoms with E-state index < -0.39 is 11.9 Å². The molecule has 0 bridgehead atoms. The smallest absolute Gasteiger partial charge is 0.300 e. The molecule has 2 atom stereocenters. The Morgan fingerprint density at radius 3 is 2.57 bits per heavy atom. The van der Waals surface area contributed by atoms with Crippen LogP contribution < -0.4 is 0 Å². The number of hydrogen-bond donors (Lipinski definition) is 0. The van der Waals surface area contributed by atoms with Crippen molar-refractivity contribution >= 4 is 5.65 Å². The molecule has 8 heteroatoms. The predicted octanol–water partition coefficient (Wildman–Crippen LogP) is 4.87. The Bertz CT molecular complexity index is 1030. The highest BCUT2D eigenvalue weighted by molar-refractivity contribution is 5.43. The van der Waals surface area contributed by atoms with E-state index in [4.69, 9.17) is 0 Å². The van der Waals surface area contributed by atoms with E-state index in [0.29, 0.717) is 17.8 Å². The van der Waals surface area contributed by atoms with Gasteiger partial charge >= 0.3 is 6.18 Å². The Balaban J connectivity index is 1.53. The van der Waals surface area contributed by atoms with Gasteiger partial charge in [-0.2, -0.15) is 18.3 Å². The summed E-state index contributed by atoms with van der Waals surface area (Å²) < 4.78 is 54.5. The highest BCUT2D eigenvalue weighted by Crippen LogP contribution is 2.33. The number of aromatic nitrogens is 3. The van der Waals surface area contributed by atoms with Gasteiger partial charge in [0.05, 0.1) is 5.69 Å². The van der Waals surface area contributed by atoms with E-state index in [0.717, 1.165) is 42.1 Å². The summed E-state index contributed by atoms with van der Waals surface area (Å²) in [6.45, 7) is 5.48. The number of halogens is 4. The first-order valence-electron chi connectivity index (χ1n) is 10.2. The lowest BCUT2D eigenvalue weighted by Gasteiger charge is -2.24. The Kier molecular flexibility index (Phi) is 5.53. The average Bonchev–Trinajstić information content (AvgIpc) is 3.35. The normalized spacial score (nSPS) is 18.9. The van der Waals surface area contributed by atoms with Crippen LogP contribution in [0.5, 0.6) is 0 Å². The SMILES string of the molecule is CCc1cc(C(F)(F)F)n2nc([C@H]3CCN([C@H](C)Cc4ccc(F)cc4)C3)cc2n1. The van der Waals surface area contributed by atoms with Gasteiger partial charge < -0.3 is 0 Å². The number of fused-ring (bicyclic) bond motifs is 1. The van der Waals surface area contributed by atoms with Crippen LogP contribution in [0.15, 0.2) is 36.4 Å². The molecule has 4 rings (SSSR count). The molecule has 1 saturated heterocycles. The van der Waals surface area contributed by atoms with Crippen LogP contribution in [-0.4, -0.2) is 38.6 Å². The molecular formula is C22H24F4N4. The van der Waals surface area contributed by atoms with E-state index in [1.165, 1.54) is 12.1 Å². The summed E-state index contributed by atoms with van der Waals surface area (Å²) in [5.74, 6) is -0.189. The second kappa shape index (κ2) is 7.98.